The Bertz CT molecular complexity index is 411. The fourth-order valence-electron chi connectivity index (χ4n) is 2.49. The Morgan fingerprint density at radius 3 is 2.78 bits per heavy atom. The predicted octanol–water partition coefficient (Wildman–Crippen LogP) is 2.90. The maximum atomic E-state index is 11.9. The van der Waals surface area contributed by atoms with Crippen molar-refractivity contribution in [1.29, 1.82) is 0 Å². The van der Waals surface area contributed by atoms with Crippen molar-refractivity contribution < 1.29 is 9.32 Å². The first-order valence-electron chi connectivity index (χ1n) is 6.43. The quantitative estimate of drug-likeness (QED) is 0.856. The third kappa shape index (κ3) is 3.05. The highest BCUT2D eigenvalue weighted by Gasteiger charge is 2.31. The largest absolute Gasteiger partial charge is 0.361 e. The van der Waals surface area contributed by atoms with Gasteiger partial charge in [-0.15, -0.1) is 11.6 Å². The second-order valence-corrected chi connectivity index (χ2v) is 5.47. The van der Waals surface area contributed by atoms with E-state index in [0.717, 1.165) is 12.8 Å². The van der Waals surface area contributed by atoms with Crippen LogP contribution in [0, 0.1) is 12.3 Å². The molecule has 1 N–H and O–H groups in total. The zero-order valence-corrected chi connectivity index (χ0v) is 11.4. The molecule has 0 aliphatic heterocycles. The zero-order chi connectivity index (χ0) is 13.0. The number of hydrogen-bond donors (Lipinski definition) is 1. The molecule has 0 spiro atoms. The van der Waals surface area contributed by atoms with Crippen molar-refractivity contribution in [3.05, 3.63) is 17.5 Å². The zero-order valence-electron chi connectivity index (χ0n) is 10.7. The van der Waals surface area contributed by atoms with Crippen molar-refractivity contribution in [3.8, 4) is 0 Å². The third-order valence-electron chi connectivity index (χ3n) is 3.68. The highest BCUT2D eigenvalue weighted by Crippen LogP contribution is 2.36. The van der Waals surface area contributed by atoms with Gasteiger partial charge in [-0.3, -0.25) is 4.79 Å². The van der Waals surface area contributed by atoms with E-state index in [2.05, 4.69) is 10.5 Å². The van der Waals surface area contributed by atoms with Crippen LogP contribution in [0.25, 0.3) is 0 Å². The Hall–Kier alpha value is -1.03. The molecule has 1 aromatic rings. The first-order chi connectivity index (χ1) is 8.65. The molecule has 2 rings (SSSR count). The van der Waals surface area contributed by atoms with Gasteiger partial charge in [-0.25, -0.2) is 0 Å². The molecule has 4 nitrogen and oxygen atoms in total. The van der Waals surface area contributed by atoms with E-state index < -0.39 is 0 Å². The molecule has 1 amide bonds. The number of hydrogen-bond acceptors (Lipinski definition) is 3. The van der Waals surface area contributed by atoms with Crippen molar-refractivity contribution in [3.63, 3.8) is 0 Å². The Kier molecular flexibility index (Phi) is 4.27. The van der Waals surface area contributed by atoms with Crippen molar-refractivity contribution in [2.45, 2.75) is 39.0 Å². The van der Waals surface area contributed by atoms with Gasteiger partial charge in [-0.05, 0) is 19.8 Å². The smallest absolute Gasteiger partial charge is 0.273 e. The van der Waals surface area contributed by atoms with Gasteiger partial charge in [0.25, 0.3) is 5.91 Å². The summed E-state index contributed by atoms with van der Waals surface area (Å²) in [6.45, 7) is 2.40. The summed E-state index contributed by atoms with van der Waals surface area (Å²) in [5.41, 5.74) is 0.405. The van der Waals surface area contributed by atoms with Crippen LogP contribution in [0.2, 0.25) is 0 Å². The van der Waals surface area contributed by atoms with Crippen molar-refractivity contribution >= 4 is 17.5 Å². The summed E-state index contributed by atoms with van der Waals surface area (Å²) in [5, 5.41) is 6.64. The number of carbonyl (C=O) groups is 1. The van der Waals surface area contributed by atoms with E-state index in [1.54, 1.807) is 13.0 Å². The molecule has 1 aliphatic carbocycles. The van der Waals surface area contributed by atoms with Crippen molar-refractivity contribution in [1.82, 2.24) is 10.5 Å². The van der Waals surface area contributed by atoms with Crippen LogP contribution in [0.5, 0.6) is 0 Å². The van der Waals surface area contributed by atoms with Gasteiger partial charge in [0.2, 0.25) is 0 Å². The summed E-state index contributed by atoms with van der Waals surface area (Å²) < 4.78 is 4.89. The molecule has 1 aromatic heterocycles. The lowest BCUT2D eigenvalue weighted by Gasteiger charge is -2.35. The highest BCUT2D eigenvalue weighted by molar-refractivity contribution is 6.18. The van der Waals surface area contributed by atoms with E-state index in [1.807, 2.05) is 0 Å². The molecule has 1 aliphatic rings. The maximum absolute atomic E-state index is 11.9. The Morgan fingerprint density at radius 2 is 2.22 bits per heavy atom. The minimum Gasteiger partial charge on any atom is -0.361 e. The number of amides is 1. The maximum Gasteiger partial charge on any atom is 0.273 e. The van der Waals surface area contributed by atoms with E-state index >= 15 is 0 Å². The minimum atomic E-state index is -0.179. The molecule has 1 heterocycles. The molecule has 1 fully saturated rings. The van der Waals surface area contributed by atoms with E-state index in [1.165, 1.54) is 19.3 Å². The Labute approximate surface area is 112 Å². The molecule has 0 atom stereocenters. The lowest BCUT2D eigenvalue weighted by Crippen LogP contribution is -2.40. The van der Waals surface area contributed by atoms with Crippen LogP contribution >= 0.6 is 11.6 Å². The number of aromatic nitrogens is 1. The fourth-order valence-corrected chi connectivity index (χ4v) is 2.85. The van der Waals surface area contributed by atoms with Crippen molar-refractivity contribution in [2.75, 3.05) is 12.4 Å². The first kappa shape index (κ1) is 13.4. The normalized spacial score (nSPS) is 18.6. The predicted molar refractivity (Wildman–Crippen MR) is 69.8 cm³/mol. The molecule has 18 heavy (non-hydrogen) atoms. The summed E-state index contributed by atoms with van der Waals surface area (Å²) in [5.74, 6) is 1.07. The van der Waals surface area contributed by atoms with Gasteiger partial charge >= 0.3 is 0 Å². The second kappa shape index (κ2) is 5.74. The lowest BCUT2D eigenvalue weighted by atomic mass is 9.75. The molecule has 0 unspecified atom stereocenters. The average Bonchev–Trinajstić information content (AvgIpc) is 2.84. The molecule has 0 aromatic carbocycles. The monoisotopic (exact) mass is 270 g/mol. The number of alkyl halides is 1. The topological polar surface area (TPSA) is 55.1 Å². The molecule has 0 bridgehead atoms. The number of halogens is 1. The summed E-state index contributed by atoms with van der Waals surface area (Å²) in [7, 11) is 0. The summed E-state index contributed by atoms with van der Waals surface area (Å²) in [6, 6.07) is 1.64. The third-order valence-corrected chi connectivity index (χ3v) is 4.25. The summed E-state index contributed by atoms with van der Waals surface area (Å²) >= 11 is 6.09. The first-order valence-corrected chi connectivity index (χ1v) is 6.96. The van der Waals surface area contributed by atoms with Crippen LogP contribution in [0.15, 0.2) is 10.6 Å². The molecular weight excluding hydrogens is 252 g/mol. The van der Waals surface area contributed by atoms with Crippen LogP contribution in [-0.2, 0) is 0 Å². The number of rotatable bonds is 4. The standard InChI is InChI=1S/C13H19ClN2O2/c1-10-7-11(16-18-10)12(17)15-9-13(8-14)5-3-2-4-6-13/h7H,2-6,8-9H2,1H3,(H,15,17). The minimum absolute atomic E-state index is 0.0637. The van der Waals surface area contributed by atoms with E-state index in [0.29, 0.717) is 23.9 Å². The Balaban J connectivity index is 1.91. The molecule has 0 radical (unpaired) electrons. The molecule has 0 saturated heterocycles. The van der Waals surface area contributed by atoms with Crippen LogP contribution < -0.4 is 5.32 Å². The number of aryl methyl sites for hydroxylation is 1. The Morgan fingerprint density at radius 1 is 1.50 bits per heavy atom. The van der Waals surface area contributed by atoms with E-state index in [-0.39, 0.29) is 11.3 Å². The summed E-state index contributed by atoms with van der Waals surface area (Å²) in [4.78, 5) is 11.9. The molecule has 1 saturated carbocycles. The van der Waals surface area contributed by atoms with Crippen LogP contribution in [0.4, 0.5) is 0 Å². The number of nitrogens with one attached hydrogen (secondary N) is 1. The second-order valence-electron chi connectivity index (χ2n) is 5.20. The molecule has 100 valence electrons. The van der Waals surface area contributed by atoms with E-state index in [9.17, 15) is 4.79 Å². The van der Waals surface area contributed by atoms with Gasteiger partial charge in [0, 0.05) is 23.9 Å². The lowest BCUT2D eigenvalue weighted by molar-refractivity contribution is 0.0912. The van der Waals surface area contributed by atoms with Gasteiger partial charge in [0.05, 0.1) is 0 Å². The number of carbonyl (C=O) groups excluding carboxylic acids is 1. The van der Waals surface area contributed by atoms with Gasteiger partial charge in [-0.2, -0.15) is 0 Å². The highest BCUT2D eigenvalue weighted by atomic mass is 35.5. The van der Waals surface area contributed by atoms with Crippen molar-refractivity contribution in [2.24, 2.45) is 5.41 Å². The van der Waals surface area contributed by atoms with Crippen LogP contribution in [0.1, 0.15) is 48.4 Å². The van der Waals surface area contributed by atoms with E-state index in [4.69, 9.17) is 16.1 Å². The van der Waals surface area contributed by atoms with Crippen LogP contribution in [0.3, 0.4) is 0 Å². The van der Waals surface area contributed by atoms with Gasteiger partial charge in [-0.1, -0.05) is 24.4 Å². The average molecular weight is 271 g/mol. The molecular formula is C13H19ClN2O2. The summed E-state index contributed by atoms with van der Waals surface area (Å²) in [6.07, 6.45) is 5.86. The number of nitrogens with zero attached hydrogens (tertiary/aromatic N) is 1. The fraction of sp³-hybridized carbons (Fsp3) is 0.692. The SMILES string of the molecule is Cc1cc(C(=O)NCC2(CCl)CCCCC2)no1. The van der Waals surface area contributed by atoms with Gasteiger partial charge in [0.15, 0.2) is 5.69 Å². The molecule has 5 heteroatoms. The van der Waals surface area contributed by atoms with Gasteiger partial charge < -0.3 is 9.84 Å². The van der Waals surface area contributed by atoms with Gasteiger partial charge in [0.1, 0.15) is 5.76 Å². The van der Waals surface area contributed by atoms with Crippen LogP contribution in [-0.4, -0.2) is 23.5 Å².